The van der Waals surface area contributed by atoms with Crippen LogP contribution in [0.25, 0.3) is 95.7 Å². The Balaban J connectivity index is 0.000000143. The highest BCUT2D eigenvalue weighted by Crippen LogP contribution is 2.49. The van der Waals surface area contributed by atoms with Crippen molar-refractivity contribution in [1.82, 2.24) is 45.9 Å². The molecule has 0 saturated carbocycles. The maximum absolute atomic E-state index is 13.0. The number of ketones is 3. The number of pyridine rings is 3. The normalized spacial score (nSPS) is 17.4. The van der Waals surface area contributed by atoms with Crippen molar-refractivity contribution in [3.8, 4) is 65.1 Å². The van der Waals surface area contributed by atoms with Gasteiger partial charge >= 0.3 is 0 Å². The number of methoxy groups -OCH3 is 3. The summed E-state index contributed by atoms with van der Waals surface area (Å²) in [6, 6.07) is 33.7. The zero-order chi connectivity index (χ0) is 75.2. The molecule has 0 unspecified atom stereocenters. The molecule has 21 heteroatoms. The smallest absolute Gasteiger partial charge is 0.138 e. The van der Waals surface area contributed by atoms with Gasteiger partial charge in [0, 0.05) is 199 Å². The molecule has 0 spiro atoms. The van der Waals surface area contributed by atoms with Gasteiger partial charge in [-0.3, -0.25) is 29.3 Å². The minimum Gasteiger partial charge on any atom is -0.385 e. The van der Waals surface area contributed by atoms with E-state index in [1.807, 2.05) is 108 Å². The summed E-state index contributed by atoms with van der Waals surface area (Å²) in [5.74, 6) is 0.964. The zero-order valence-corrected chi connectivity index (χ0v) is 68.4. The Morgan fingerprint density at radius 1 is 0.361 bits per heavy atom. The van der Waals surface area contributed by atoms with Crippen molar-refractivity contribution < 1.29 is 28.6 Å². The van der Waals surface area contributed by atoms with E-state index in [0.29, 0.717) is 74.0 Å². The summed E-state index contributed by atoms with van der Waals surface area (Å²) in [6.07, 6.45) is 26.1. The highest BCUT2D eigenvalue weighted by molar-refractivity contribution is 7.23. The molecular weight excluding hydrogens is 1460 g/mol. The van der Waals surface area contributed by atoms with Gasteiger partial charge in [-0.25, -0.2) is 15.0 Å². The summed E-state index contributed by atoms with van der Waals surface area (Å²) in [5.41, 5.74) is 17.7. The number of unbranched alkanes of at least 4 members (excludes halogenated alkanes) is 6. The second kappa shape index (κ2) is 37.6. The van der Waals surface area contributed by atoms with Crippen LogP contribution in [0.5, 0.6) is 0 Å². The van der Waals surface area contributed by atoms with E-state index in [1.165, 1.54) is 76.7 Å². The maximum Gasteiger partial charge on any atom is 0.138 e. The molecule has 0 radical (unpaired) electrons. The van der Waals surface area contributed by atoms with Crippen molar-refractivity contribution in [2.24, 2.45) is 0 Å². The lowest BCUT2D eigenvalue weighted by Crippen LogP contribution is -2.35. The number of Topliss-reactive ketones (excluding diaryl/α,β-unsaturated/α-hetero) is 3. The highest BCUT2D eigenvalue weighted by atomic mass is 32.1. The highest BCUT2D eigenvalue weighted by Gasteiger charge is 2.34. The van der Waals surface area contributed by atoms with Crippen molar-refractivity contribution in [3.05, 3.63) is 174 Å². The number of ether oxygens (including phenoxy) is 3. The number of rotatable bonds is 30. The van der Waals surface area contributed by atoms with E-state index < -0.39 is 0 Å². The van der Waals surface area contributed by atoms with E-state index in [0.717, 1.165) is 162 Å². The van der Waals surface area contributed by atoms with Crippen LogP contribution in [0.3, 0.4) is 0 Å². The third-order valence-electron chi connectivity index (χ3n) is 20.5. The second-order valence-corrected chi connectivity index (χ2v) is 35.6. The first kappa shape index (κ1) is 78.8. The molecule has 15 nitrogen and oxygen atoms in total. The molecule has 564 valence electrons. The fourth-order valence-electron chi connectivity index (χ4n) is 15.3. The molecule has 3 aliphatic heterocycles. The number of thiazole rings is 3. The van der Waals surface area contributed by atoms with Crippen molar-refractivity contribution in [1.29, 1.82) is 0 Å². The number of nitrogens with zero attached hydrogens (tertiary/aromatic N) is 6. The number of thiophene rings is 3. The number of benzene rings is 3. The van der Waals surface area contributed by atoms with Crippen LogP contribution < -0.4 is 16.0 Å². The van der Waals surface area contributed by atoms with Crippen molar-refractivity contribution >= 4 is 116 Å². The molecule has 3 aliphatic rings. The summed E-state index contributed by atoms with van der Waals surface area (Å²) in [5, 5.41) is 14.2. The molecule has 0 amide bonds. The average Bonchev–Trinajstić information content (AvgIpc) is 1.61. The predicted molar refractivity (Wildman–Crippen MR) is 450 cm³/mol. The van der Waals surface area contributed by atoms with Crippen molar-refractivity contribution in [3.63, 3.8) is 0 Å². The molecule has 0 fully saturated rings. The summed E-state index contributed by atoms with van der Waals surface area (Å²) < 4.78 is 18.9. The van der Waals surface area contributed by atoms with Gasteiger partial charge in [0.05, 0.1) is 30.6 Å². The Hall–Kier alpha value is -7.35. The lowest BCUT2D eigenvalue weighted by atomic mass is 9.94. The Kier molecular flexibility index (Phi) is 27.4. The molecule has 0 saturated heterocycles. The van der Waals surface area contributed by atoms with Gasteiger partial charge in [0.25, 0.3) is 0 Å². The summed E-state index contributed by atoms with van der Waals surface area (Å²) in [6.45, 7) is 15.7. The fraction of sp³-hybridized carbons (Fsp3) is 0.414. The summed E-state index contributed by atoms with van der Waals surface area (Å²) in [7, 11) is 5.18. The van der Waals surface area contributed by atoms with Crippen LogP contribution in [0.4, 0.5) is 0 Å². The number of hydrogen-bond donors (Lipinski definition) is 3. The average molecular weight is 1560 g/mol. The molecule has 0 aliphatic carbocycles. The molecule has 15 rings (SSSR count). The minimum atomic E-state index is 0.290. The summed E-state index contributed by atoms with van der Waals surface area (Å²) in [4.78, 5) is 74.4. The van der Waals surface area contributed by atoms with E-state index in [2.05, 4.69) is 127 Å². The molecule has 6 atom stereocenters. The van der Waals surface area contributed by atoms with E-state index in [9.17, 15) is 14.4 Å². The quantitative estimate of drug-likeness (QED) is 0.0360. The van der Waals surface area contributed by atoms with Crippen molar-refractivity contribution in [2.45, 2.75) is 193 Å². The van der Waals surface area contributed by atoms with Gasteiger partial charge in [0.15, 0.2) is 0 Å². The monoisotopic (exact) mass is 1560 g/mol. The molecule has 12 heterocycles. The first-order valence-corrected chi connectivity index (χ1v) is 43.2. The van der Waals surface area contributed by atoms with Crippen LogP contribution in [-0.2, 0) is 67.1 Å². The molecule has 9 aromatic heterocycles. The van der Waals surface area contributed by atoms with E-state index in [1.54, 1.807) is 55.3 Å². The van der Waals surface area contributed by atoms with Crippen LogP contribution in [0.15, 0.2) is 128 Å². The largest absolute Gasteiger partial charge is 0.385 e. The first-order chi connectivity index (χ1) is 52.6. The molecular formula is C87H99N9O6S6. The first-order valence-electron chi connectivity index (χ1n) is 38.3. The van der Waals surface area contributed by atoms with Gasteiger partial charge in [-0.1, -0.05) is 37.5 Å². The van der Waals surface area contributed by atoms with Gasteiger partial charge in [0.2, 0.25) is 0 Å². The maximum atomic E-state index is 13.0. The Bertz CT molecular complexity index is 4530. The predicted octanol–water partition coefficient (Wildman–Crippen LogP) is 21.0. The molecule has 3 N–H and O–H groups in total. The summed E-state index contributed by atoms with van der Waals surface area (Å²) >= 11 is 10.6. The van der Waals surface area contributed by atoms with Gasteiger partial charge < -0.3 is 30.2 Å². The fourth-order valence-corrected chi connectivity index (χ4v) is 22.8. The molecule has 0 bridgehead atoms. The molecule has 3 aromatic carbocycles. The third kappa shape index (κ3) is 19.3. The Labute approximate surface area is 659 Å². The van der Waals surface area contributed by atoms with Crippen LogP contribution in [0, 0.1) is 0 Å². The lowest BCUT2D eigenvalue weighted by molar-refractivity contribution is -0.119. The number of nitrogens with one attached hydrogen (secondary N) is 3. The van der Waals surface area contributed by atoms with Gasteiger partial charge in [-0.2, -0.15) is 0 Å². The molecule has 12 aromatic rings. The number of hydrogen-bond acceptors (Lipinski definition) is 21. The Morgan fingerprint density at radius 2 is 0.639 bits per heavy atom. The van der Waals surface area contributed by atoms with Crippen molar-refractivity contribution in [2.75, 3.05) is 41.2 Å². The minimum absolute atomic E-state index is 0.290. The topological polar surface area (TPSA) is 192 Å². The van der Waals surface area contributed by atoms with Gasteiger partial charge in [-0.15, -0.1) is 68.0 Å². The standard InChI is InChI=1S/3C29H33N3O2S2/c3*1-18-15-23-27(26(35-28(23)19(2)31-18)17-22(33)7-5-4-6-14-34-3)29-32-24-16-21(8-9-25(24)36-29)20-10-12-30-13-11-20/h3*8-13,16,18-19,31H,4-7,14-15,17H2,1-3H3/t2*18-,19+;18-,19-/m111/s1. The van der Waals surface area contributed by atoms with E-state index in [-0.39, 0.29) is 18.1 Å². The van der Waals surface area contributed by atoms with Crippen LogP contribution in [0.2, 0.25) is 0 Å². The van der Waals surface area contributed by atoms with Gasteiger partial charge in [0.1, 0.15) is 32.4 Å². The van der Waals surface area contributed by atoms with Gasteiger partial charge in [-0.05, 0) is 222 Å². The Morgan fingerprint density at radius 3 is 0.907 bits per heavy atom. The number of aromatic nitrogens is 6. The third-order valence-corrected chi connectivity index (χ3v) is 27.9. The van der Waals surface area contributed by atoms with Crippen LogP contribution in [-0.4, -0.2) is 107 Å². The van der Waals surface area contributed by atoms with E-state index in [4.69, 9.17) is 29.2 Å². The molecule has 108 heavy (non-hydrogen) atoms. The number of carbonyl (C=O) groups is 3. The zero-order valence-electron chi connectivity index (χ0n) is 63.5. The van der Waals surface area contributed by atoms with Crippen LogP contribution >= 0.6 is 68.0 Å². The lowest BCUT2D eigenvalue weighted by Gasteiger charge is -2.26. The van der Waals surface area contributed by atoms with Crippen LogP contribution in [0.1, 0.15) is 183 Å². The SMILES string of the molecule is COCCCCCC(=O)Cc1sc2c(c1-c1nc3cc(-c4ccncc4)ccc3s1)C[C@@H](C)N[C@@H]2C.COCCCCCC(=O)Cc1sc2c(c1-c1nc3cc(-c4ccncc4)ccc3s1)C[C@@H](C)N[C@H]2C.COCCCCCC(=O)Cc1sc2c(c1-c1nc3cc(-c4ccncc4)ccc3s1)C[C@@H](C)N[C@H]2C. The van der Waals surface area contributed by atoms with E-state index >= 15 is 0 Å². The number of carbonyl (C=O) groups excluding carboxylic acids is 3. The second-order valence-electron chi connectivity index (χ2n) is 29.1. The number of fused-ring (bicyclic) bond motifs is 6.